The molecule has 2 rings (SSSR count). The van der Waals surface area contributed by atoms with E-state index in [0.717, 1.165) is 24.9 Å². The number of amides is 1. The maximum atomic E-state index is 13.1. The number of hydrazine groups is 1. The number of carbonyl (C=O) groups excluding carboxylic acids is 1. The first kappa shape index (κ1) is 17.9. The average Bonchev–Trinajstić information content (AvgIpc) is 2.65. The van der Waals surface area contributed by atoms with Crippen LogP contribution in [0.15, 0.2) is 24.3 Å². The van der Waals surface area contributed by atoms with Crippen LogP contribution in [0.3, 0.4) is 0 Å². The monoisotopic (exact) mass is 330 g/mol. The van der Waals surface area contributed by atoms with Crippen LogP contribution >= 0.6 is 0 Å². The van der Waals surface area contributed by atoms with Crippen LogP contribution in [-0.4, -0.2) is 42.2 Å². The summed E-state index contributed by atoms with van der Waals surface area (Å²) in [4.78, 5) is 13.1. The van der Waals surface area contributed by atoms with Gasteiger partial charge in [0.15, 0.2) is 6.19 Å². The van der Waals surface area contributed by atoms with Crippen molar-refractivity contribution < 1.29 is 9.53 Å². The van der Waals surface area contributed by atoms with Crippen molar-refractivity contribution in [3.05, 3.63) is 24.3 Å². The van der Waals surface area contributed by atoms with Crippen molar-refractivity contribution in [2.45, 2.75) is 39.2 Å². The molecule has 0 spiro atoms. The highest BCUT2D eigenvalue weighted by atomic mass is 16.5. The van der Waals surface area contributed by atoms with Crippen molar-refractivity contribution in [2.75, 3.05) is 25.5 Å². The second kappa shape index (κ2) is 8.44. The van der Waals surface area contributed by atoms with E-state index in [2.05, 4.69) is 18.4 Å². The van der Waals surface area contributed by atoms with Gasteiger partial charge in [-0.25, -0.2) is 10.0 Å². The van der Waals surface area contributed by atoms with E-state index in [9.17, 15) is 10.1 Å². The third-order valence-electron chi connectivity index (χ3n) is 4.55. The normalized spacial score (nSPS) is 16.9. The van der Waals surface area contributed by atoms with Crippen LogP contribution in [0, 0.1) is 17.4 Å². The number of nitrogens with zero attached hydrogens (tertiary/aromatic N) is 3. The fourth-order valence-electron chi connectivity index (χ4n) is 2.87. The van der Waals surface area contributed by atoms with E-state index in [0.29, 0.717) is 18.8 Å². The summed E-state index contributed by atoms with van der Waals surface area (Å²) in [5.41, 5.74) is 0.791. The Bertz CT molecular complexity index is 599. The van der Waals surface area contributed by atoms with E-state index >= 15 is 0 Å². The first-order valence-corrected chi connectivity index (χ1v) is 8.50. The molecule has 24 heavy (non-hydrogen) atoms. The third kappa shape index (κ3) is 3.91. The Labute approximate surface area is 144 Å². The predicted octanol–water partition coefficient (Wildman–Crippen LogP) is 2.84. The molecule has 1 N–H and O–H groups in total. The summed E-state index contributed by atoms with van der Waals surface area (Å²) in [7, 11) is 1.61. The lowest BCUT2D eigenvalue weighted by Crippen LogP contribution is -2.54. The molecule has 1 aromatic carbocycles. The van der Waals surface area contributed by atoms with E-state index in [1.165, 1.54) is 5.01 Å². The van der Waals surface area contributed by atoms with Gasteiger partial charge in [-0.3, -0.25) is 4.79 Å². The summed E-state index contributed by atoms with van der Waals surface area (Å²) in [5.74, 6) is 0.774. The van der Waals surface area contributed by atoms with E-state index < -0.39 is 6.04 Å². The lowest BCUT2D eigenvalue weighted by atomic mass is 9.97. The highest BCUT2D eigenvalue weighted by molar-refractivity contribution is 5.85. The molecule has 0 bridgehead atoms. The fourth-order valence-corrected chi connectivity index (χ4v) is 2.87. The molecule has 1 aromatic rings. The molecule has 0 saturated carbocycles. The molecule has 2 atom stereocenters. The van der Waals surface area contributed by atoms with Crippen molar-refractivity contribution in [3.8, 4) is 11.9 Å². The highest BCUT2D eigenvalue weighted by Gasteiger charge is 2.33. The number of methoxy groups -OCH3 is 1. The van der Waals surface area contributed by atoms with Gasteiger partial charge in [-0.05, 0) is 30.9 Å². The topological polar surface area (TPSA) is 68.6 Å². The minimum absolute atomic E-state index is 0.0588. The van der Waals surface area contributed by atoms with Crippen molar-refractivity contribution in [3.63, 3.8) is 0 Å². The Morgan fingerprint density at radius 3 is 2.75 bits per heavy atom. The second-order valence-electron chi connectivity index (χ2n) is 6.10. The molecule has 1 aliphatic rings. The number of benzene rings is 1. The number of nitriles is 1. The first-order valence-electron chi connectivity index (χ1n) is 8.50. The van der Waals surface area contributed by atoms with Crippen LogP contribution in [0.4, 0.5) is 5.69 Å². The summed E-state index contributed by atoms with van der Waals surface area (Å²) in [6.45, 7) is 5.30. The molecule has 0 aromatic heterocycles. The first-order chi connectivity index (χ1) is 11.6. The minimum Gasteiger partial charge on any atom is -0.495 e. The molecular formula is C18H26N4O2. The average molecular weight is 330 g/mol. The zero-order valence-corrected chi connectivity index (χ0v) is 14.7. The number of carbonyl (C=O) groups is 1. The maximum absolute atomic E-state index is 13.1. The SMILES string of the molecule is CCC(C)C(Nc1ccccc1OC)C(=O)N1CCCCN1C#N. The summed E-state index contributed by atoms with van der Waals surface area (Å²) >= 11 is 0. The smallest absolute Gasteiger partial charge is 0.264 e. The molecule has 0 aliphatic carbocycles. The lowest BCUT2D eigenvalue weighted by Gasteiger charge is -2.38. The lowest BCUT2D eigenvalue weighted by molar-refractivity contribution is -0.148. The molecule has 1 fully saturated rings. The van der Waals surface area contributed by atoms with Crippen molar-refractivity contribution in [2.24, 2.45) is 5.92 Å². The number of ether oxygens (including phenoxy) is 1. The van der Waals surface area contributed by atoms with Crippen molar-refractivity contribution in [1.82, 2.24) is 10.0 Å². The molecule has 1 saturated heterocycles. The van der Waals surface area contributed by atoms with E-state index in [-0.39, 0.29) is 11.8 Å². The highest BCUT2D eigenvalue weighted by Crippen LogP contribution is 2.27. The quantitative estimate of drug-likeness (QED) is 0.812. The molecule has 6 nitrogen and oxygen atoms in total. The van der Waals surface area contributed by atoms with Crippen molar-refractivity contribution >= 4 is 11.6 Å². The second-order valence-corrected chi connectivity index (χ2v) is 6.10. The number of para-hydroxylation sites is 2. The molecule has 2 unspecified atom stereocenters. The number of hydrogen-bond donors (Lipinski definition) is 1. The van der Waals surface area contributed by atoms with E-state index in [4.69, 9.17) is 4.74 Å². The molecule has 0 radical (unpaired) electrons. The Morgan fingerprint density at radius 1 is 1.38 bits per heavy atom. The summed E-state index contributed by atoms with van der Waals surface area (Å²) in [5, 5.41) is 15.7. The van der Waals surface area contributed by atoms with Gasteiger partial charge in [0.1, 0.15) is 11.8 Å². The summed E-state index contributed by atoms with van der Waals surface area (Å²) < 4.78 is 5.38. The van der Waals surface area contributed by atoms with Crippen LogP contribution in [0.25, 0.3) is 0 Å². The Balaban J connectivity index is 2.24. The molecule has 130 valence electrons. The molecule has 1 heterocycles. The van der Waals surface area contributed by atoms with Gasteiger partial charge in [-0.1, -0.05) is 32.4 Å². The number of nitrogens with one attached hydrogen (secondary N) is 1. The van der Waals surface area contributed by atoms with Crippen molar-refractivity contribution in [1.29, 1.82) is 5.26 Å². The van der Waals surface area contributed by atoms with Crippen LogP contribution in [0.2, 0.25) is 0 Å². The van der Waals surface area contributed by atoms with Gasteiger partial charge in [0.05, 0.1) is 19.3 Å². The van der Waals surface area contributed by atoms with Gasteiger partial charge in [-0.2, -0.15) is 5.26 Å². The summed E-state index contributed by atoms with van der Waals surface area (Å²) in [6, 6.07) is 7.17. The third-order valence-corrected chi connectivity index (χ3v) is 4.55. The standard InChI is InChI=1S/C18H26N4O2/c1-4-14(2)17(20-15-9-5-6-10-16(15)24-3)18(23)22-12-8-7-11-21(22)13-19/h5-6,9-10,14,17,20H,4,7-8,11-12H2,1-3H3. The Morgan fingerprint density at radius 2 is 2.08 bits per heavy atom. The fraction of sp³-hybridized carbons (Fsp3) is 0.556. The van der Waals surface area contributed by atoms with E-state index in [1.807, 2.05) is 31.2 Å². The van der Waals surface area contributed by atoms with Crippen LogP contribution < -0.4 is 10.1 Å². The van der Waals surface area contributed by atoms with Gasteiger partial charge in [0.25, 0.3) is 5.91 Å². The predicted molar refractivity (Wildman–Crippen MR) is 93.1 cm³/mol. The number of rotatable bonds is 6. The molecule has 1 amide bonds. The van der Waals surface area contributed by atoms with Gasteiger partial charge < -0.3 is 10.1 Å². The van der Waals surface area contributed by atoms with Gasteiger partial charge >= 0.3 is 0 Å². The van der Waals surface area contributed by atoms with Crippen LogP contribution in [-0.2, 0) is 4.79 Å². The zero-order chi connectivity index (χ0) is 17.5. The largest absolute Gasteiger partial charge is 0.495 e. The van der Waals surface area contributed by atoms with Gasteiger partial charge in [0, 0.05) is 6.54 Å². The molecule has 6 heteroatoms. The minimum atomic E-state index is -0.403. The van der Waals surface area contributed by atoms with E-state index in [1.54, 1.807) is 12.1 Å². The molecular weight excluding hydrogens is 304 g/mol. The maximum Gasteiger partial charge on any atom is 0.264 e. The van der Waals surface area contributed by atoms with Gasteiger partial charge in [0.2, 0.25) is 0 Å². The van der Waals surface area contributed by atoms with Gasteiger partial charge in [-0.15, -0.1) is 0 Å². The zero-order valence-electron chi connectivity index (χ0n) is 14.7. The number of anilines is 1. The Kier molecular flexibility index (Phi) is 6.30. The summed E-state index contributed by atoms with van der Waals surface area (Å²) in [6.07, 6.45) is 4.84. The molecule has 1 aliphatic heterocycles. The Hall–Kier alpha value is -2.42. The van der Waals surface area contributed by atoms with Crippen LogP contribution in [0.1, 0.15) is 33.1 Å². The number of hydrogen-bond acceptors (Lipinski definition) is 5. The van der Waals surface area contributed by atoms with Crippen LogP contribution in [0.5, 0.6) is 5.75 Å².